The van der Waals surface area contributed by atoms with Crippen LogP contribution in [0.15, 0.2) is 24.3 Å². The summed E-state index contributed by atoms with van der Waals surface area (Å²) in [6, 6.07) is 8.53. The van der Waals surface area contributed by atoms with Crippen LogP contribution in [0.1, 0.15) is 22.3 Å². The van der Waals surface area contributed by atoms with Crippen LogP contribution >= 0.6 is 12.4 Å². The van der Waals surface area contributed by atoms with Crippen LogP contribution in [0.3, 0.4) is 0 Å². The van der Waals surface area contributed by atoms with Gasteiger partial charge in [0.15, 0.2) is 0 Å². The van der Waals surface area contributed by atoms with Crippen LogP contribution in [0.25, 0.3) is 11.1 Å². The maximum Gasteiger partial charge on any atom is 0.0373 e. The van der Waals surface area contributed by atoms with Crippen molar-refractivity contribution in [1.82, 2.24) is 0 Å². The second-order valence-corrected chi connectivity index (χ2v) is 5.05. The Morgan fingerprint density at radius 3 is 1.00 bits per heavy atom. The van der Waals surface area contributed by atoms with Gasteiger partial charge in [-0.1, -0.05) is 0 Å². The van der Waals surface area contributed by atoms with E-state index in [9.17, 15) is 0 Å². The van der Waals surface area contributed by atoms with Crippen molar-refractivity contribution in [2.24, 2.45) is 0 Å². The molecule has 0 aliphatic rings. The van der Waals surface area contributed by atoms with Gasteiger partial charge in [-0.05, 0) is 85.3 Å². The molecular weight excluding hydrogens is 256 g/mol. The first-order chi connectivity index (χ1) is 8.40. The number of halogens is 1. The maximum atomic E-state index is 5.99. The van der Waals surface area contributed by atoms with E-state index in [0.29, 0.717) is 0 Å². The van der Waals surface area contributed by atoms with Crippen LogP contribution in [-0.2, 0) is 0 Å². The van der Waals surface area contributed by atoms with Crippen LogP contribution in [0.5, 0.6) is 0 Å². The van der Waals surface area contributed by atoms with Crippen LogP contribution < -0.4 is 11.5 Å². The van der Waals surface area contributed by atoms with Gasteiger partial charge >= 0.3 is 0 Å². The molecule has 4 N–H and O–H groups in total. The third-order valence-electron chi connectivity index (χ3n) is 3.52. The molecule has 0 radical (unpaired) electrons. The normalized spacial score (nSPS) is 10.1. The first-order valence-electron chi connectivity index (χ1n) is 6.14. The summed E-state index contributed by atoms with van der Waals surface area (Å²) < 4.78 is 0. The molecule has 0 spiro atoms. The van der Waals surface area contributed by atoms with Gasteiger partial charge in [0.1, 0.15) is 0 Å². The molecule has 0 saturated heterocycles. The zero-order chi connectivity index (χ0) is 13.4. The van der Waals surface area contributed by atoms with E-state index in [4.69, 9.17) is 11.5 Å². The number of hydrogen-bond donors (Lipinski definition) is 2. The number of nitrogen functional groups attached to an aromatic ring is 2. The molecule has 2 nitrogen and oxygen atoms in total. The van der Waals surface area contributed by atoms with Crippen LogP contribution in [0.2, 0.25) is 0 Å². The van der Waals surface area contributed by atoms with E-state index < -0.39 is 0 Å². The highest BCUT2D eigenvalue weighted by atomic mass is 35.5. The quantitative estimate of drug-likeness (QED) is 0.768. The number of rotatable bonds is 1. The highest BCUT2D eigenvalue weighted by Gasteiger charge is 2.07. The highest BCUT2D eigenvalue weighted by molar-refractivity contribution is 5.85. The molecule has 0 aliphatic carbocycles. The Hall–Kier alpha value is -1.67. The lowest BCUT2D eigenvalue weighted by atomic mass is 9.95. The van der Waals surface area contributed by atoms with Crippen molar-refractivity contribution in [1.29, 1.82) is 0 Å². The van der Waals surface area contributed by atoms with Gasteiger partial charge in [0.25, 0.3) is 0 Å². The molecular formula is C16H21ClN2. The fourth-order valence-electron chi connectivity index (χ4n) is 2.28. The molecule has 0 aliphatic heterocycles. The molecule has 2 aromatic rings. The fourth-order valence-corrected chi connectivity index (χ4v) is 2.28. The summed E-state index contributed by atoms with van der Waals surface area (Å²) in [4.78, 5) is 0. The molecule has 0 heterocycles. The number of hydrogen-bond acceptors (Lipinski definition) is 2. The van der Waals surface area contributed by atoms with E-state index in [0.717, 1.165) is 33.6 Å². The summed E-state index contributed by atoms with van der Waals surface area (Å²) >= 11 is 0. The Balaban J connectivity index is 0.00000180. The molecule has 102 valence electrons. The first kappa shape index (κ1) is 15.4. The molecule has 0 saturated carbocycles. The zero-order valence-corrected chi connectivity index (χ0v) is 12.7. The summed E-state index contributed by atoms with van der Waals surface area (Å²) in [5.74, 6) is 0. The van der Waals surface area contributed by atoms with Crippen molar-refractivity contribution in [3.63, 3.8) is 0 Å². The number of anilines is 2. The minimum Gasteiger partial charge on any atom is -0.398 e. The number of benzene rings is 2. The Bertz CT molecular complexity index is 517. The lowest BCUT2D eigenvalue weighted by molar-refractivity contribution is 1.36. The van der Waals surface area contributed by atoms with Gasteiger partial charge in [0.2, 0.25) is 0 Å². The van der Waals surface area contributed by atoms with Crippen molar-refractivity contribution >= 4 is 23.8 Å². The molecule has 0 atom stereocenters. The van der Waals surface area contributed by atoms with Gasteiger partial charge in [-0.25, -0.2) is 0 Å². The molecule has 2 rings (SSSR count). The predicted molar refractivity (Wildman–Crippen MR) is 86.9 cm³/mol. The van der Waals surface area contributed by atoms with Gasteiger partial charge in [0.05, 0.1) is 0 Å². The van der Waals surface area contributed by atoms with Crippen molar-refractivity contribution in [3.8, 4) is 11.1 Å². The molecule has 0 unspecified atom stereocenters. The van der Waals surface area contributed by atoms with E-state index in [1.165, 1.54) is 11.1 Å². The predicted octanol–water partition coefficient (Wildman–Crippen LogP) is 4.17. The Morgan fingerprint density at radius 2 is 0.789 bits per heavy atom. The van der Waals surface area contributed by atoms with Gasteiger partial charge in [-0.15, -0.1) is 12.4 Å². The maximum absolute atomic E-state index is 5.99. The smallest absolute Gasteiger partial charge is 0.0373 e. The van der Waals surface area contributed by atoms with Crippen molar-refractivity contribution in [3.05, 3.63) is 46.5 Å². The number of nitrogens with two attached hydrogens (primary N) is 2. The van der Waals surface area contributed by atoms with Gasteiger partial charge in [-0.3, -0.25) is 0 Å². The van der Waals surface area contributed by atoms with Crippen LogP contribution in [-0.4, -0.2) is 0 Å². The van der Waals surface area contributed by atoms with E-state index in [1.807, 2.05) is 27.7 Å². The SMILES string of the molecule is Cc1cc(-c2cc(C)c(N)c(C)c2)cc(C)c1N.Cl. The Kier molecular flexibility index (Phi) is 4.48. The molecule has 0 aromatic heterocycles. The minimum atomic E-state index is 0. The summed E-state index contributed by atoms with van der Waals surface area (Å²) in [7, 11) is 0. The van der Waals surface area contributed by atoms with Crippen molar-refractivity contribution in [2.45, 2.75) is 27.7 Å². The molecule has 0 fully saturated rings. The van der Waals surface area contributed by atoms with Gasteiger partial charge in [0, 0.05) is 11.4 Å². The summed E-state index contributed by atoms with van der Waals surface area (Å²) in [6.07, 6.45) is 0. The monoisotopic (exact) mass is 276 g/mol. The second kappa shape index (κ2) is 5.54. The molecule has 2 aromatic carbocycles. The first-order valence-corrected chi connectivity index (χ1v) is 6.14. The number of aryl methyl sites for hydroxylation is 4. The molecule has 0 bridgehead atoms. The van der Waals surface area contributed by atoms with Crippen LogP contribution in [0, 0.1) is 27.7 Å². The van der Waals surface area contributed by atoms with Crippen molar-refractivity contribution in [2.75, 3.05) is 11.5 Å². The third kappa shape index (κ3) is 2.85. The molecule has 0 amide bonds. The van der Waals surface area contributed by atoms with Crippen molar-refractivity contribution < 1.29 is 0 Å². The summed E-state index contributed by atoms with van der Waals surface area (Å²) in [6.45, 7) is 8.18. The van der Waals surface area contributed by atoms with E-state index in [2.05, 4.69) is 24.3 Å². The second-order valence-electron chi connectivity index (χ2n) is 5.05. The van der Waals surface area contributed by atoms with Crippen LogP contribution in [0.4, 0.5) is 11.4 Å². The molecule has 19 heavy (non-hydrogen) atoms. The standard InChI is InChI=1S/C16H20N2.ClH/c1-9-5-13(6-10(2)15(9)17)14-7-11(3)16(18)12(4)8-14;/h5-8H,17-18H2,1-4H3;1H. The van der Waals surface area contributed by atoms with E-state index >= 15 is 0 Å². The Labute approximate surface area is 121 Å². The van der Waals surface area contributed by atoms with E-state index in [-0.39, 0.29) is 12.4 Å². The average molecular weight is 277 g/mol. The average Bonchev–Trinajstić information content (AvgIpc) is 2.31. The minimum absolute atomic E-state index is 0. The lowest BCUT2D eigenvalue weighted by Gasteiger charge is -2.12. The summed E-state index contributed by atoms with van der Waals surface area (Å²) in [5, 5.41) is 0. The van der Waals surface area contributed by atoms with E-state index in [1.54, 1.807) is 0 Å². The topological polar surface area (TPSA) is 52.0 Å². The lowest BCUT2D eigenvalue weighted by Crippen LogP contribution is -1.97. The molecule has 3 heteroatoms. The zero-order valence-electron chi connectivity index (χ0n) is 11.9. The third-order valence-corrected chi connectivity index (χ3v) is 3.52. The fraction of sp³-hybridized carbons (Fsp3) is 0.250. The summed E-state index contributed by atoms with van der Waals surface area (Å²) in [5.41, 5.74) is 20.6. The van der Waals surface area contributed by atoms with Gasteiger partial charge in [-0.2, -0.15) is 0 Å². The highest BCUT2D eigenvalue weighted by Crippen LogP contribution is 2.30. The largest absolute Gasteiger partial charge is 0.398 e. The van der Waals surface area contributed by atoms with Gasteiger partial charge < -0.3 is 11.5 Å². The Morgan fingerprint density at radius 1 is 0.579 bits per heavy atom.